The Bertz CT molecular complexity index is 794. The molecule has 0 fully saturated rings. The van der Waals surface area contributed by atoms with Crippen molar-refractivity contribution < 1.29 is 14.0 Å². The standard InChI is InChI=1S/C19H20FN3O2/c1-13-10-11-14-6-2-5-9-17(14)23(13)12-18(24)22-19(25)21-16-8-4-3-7-15(16)20/h2-9,13H,10-12H2,1H3,(H2,21,22,24,25)/t13-/m0/s1. The second-order valence-corrected chi connectivity index (χ2v) is 6.13. The predicted molar refractivity (Wildman–Crippen MR) is 95.1 cm³/mol. The highest BCUT2D eigenvalue weighted by Crippen LogP contribution is 2.29. The van der Waals surface area contributed by atoms with E-state index in [1.165, 1.54) is 23.8 Å². The Balaban J connectivity index is 1.63. The second-order valence-electron chi connectivity index (χ2n) is 6.13. The molecule has 0 spiro atoms. The Morgan fingerprint density at radius 3 is 2.68 bits per heavy atom. The molecular formula is C19H20FN3O2. The number of fused-ring (bicyclic) bond motifs is 1. The molecule has 0 aromatic heterocycles. The van der Waals surface area contributed by atoms with Crippen LogP contribution in [0.1, 0.15) is 18.9 Å². The van der Waals surface area contributed by atoms with Gasteiger partial charge in [0.15, 0.2) is 0 Å². The molecule has 1 aliphatic heterocycles. The molecule has 25 heavy (non-hydrogen) atoms. The van der Waals surface area contributed by atoms with E-state index in [1.807, 2.05) is 23.1 Å². The number of nitrogens with one attached hydrogen (secondary N) is 2. The number of aryl methyl sites for hydroxylation is 1. The highest BCUT2D eigenvalue weighted by atomic mass is 19.1. The summed E-state index contributed by atoms with van der Waals surface area (Å²) in [7, 11) is 0. The van der Waals surface area contributed by atoms with Crippen LogP contribution in [0.25, 0.3) is 0 Å². The van der Waals surface area contributed by atoms with Crippen molar-refractivity contribution in [1.29, 1.82) is 0 Å². The van der Waals surface area contributed by atoms with Crippen LogP contribution in [0.5, 0.6) is 0 Å². The van der Waals surface area contributed by atoms with Gasteiger partial charge in [-0.2, -0.15) is 0 Å². The zero-order chi connectivity index (χ0) is 17.8. The highest BCUT2D eigenvalue weighted by Gasteiger charge is 2.25. The second kappa shape index (κ2) is 7.34. The Morgan fingerprint density at radius 2 is 1.88 bits per heavy atom. The molecule has 3 rings (SSSR count). The van der Waals surface area contributed by atoms with Crippen LogP contribution in [0.2, 0.25) is 0 Å². The number of carbonyl (C=O) groups excluding carboxylic acids is 2. The number of imide groups is 1. The summed E-state index contributed by atoms with van der Waals surface area (Å²) < 4.78 is 13.5. The molecule has 6 heteroatoms. The quantitative estimate of drug-likeness (QED) is 0.900. The number of anilines is 2. The summed E-state index contributed by atoms with van der Waals surface area (Å²) in [6, 6.07) is 13.2. The lowest BCUT2D eigenvalue weighted by molar-refractivity contribution is -0.118. The highest BCUT2D eigenvalue weighted by molar-refractivity contribution is 6.02. The summed E-state index contributed by atoms with van der Waals surface area (Å²) in [5.74, 6) is -0.985. The minimum atomic E-state index is -0.743. The predicted octanol–water partition coefficient (Wildman–Crippen LogP) is 3.32. The fourth-order valence-corrected chi connectivity index (χ4v) is 3.04. The topological polar surface area (TPSA) is 61.4 Å². The number of hydrogen-bond donors (Lipinski definition) is 2. The van der Waals surface area contributed by atoms with Crippen molar-refractivity contribution in [3.8, 4) is 0 Å². The van der Waals surface area contributed by atoms with Gasteiger partial charge in [-0.05, 0) is 43.5 Å². The third kappa shape index (κ3) is 3.96. The van der Waals surface area contributed by atoms with Crippen LogP contribution >= 0.6 is 0 Å². The number of urea groups is 1. The Hall–Kier alpha value is -2.89. The molecule has 3 amide bonds. The normalized spacial score (nSPS) is 16.1. The zero-order valence-corrected chi connectivity index (χ0v) is 14.0. The molecule has 0 saturated carbocycles. The van der Waals surface area contributed by atoms with Gasteiger partial charge < -0.3 is 10.2 Å². The number of hydrogen-bond acceptors (Lipinski definition) is 3. The van der Waals surface area contributed by atoms with Crippen molar-refractivity contribution >= 4 is 23.3 Å². The Labute approximate surface area is 145 Å². The van der Waals surface area contributed by atoms with Gasteiger partial charge >= 0.3 is 6.03 Å². The summed E-state index contributed by atoms with van der Waals surface area (Å²) in [5, 5.41) is 4.60. The molecule has 0 aliphatic carbocycles. The van der Waals surface area contributed by atoms with Gasteiger partial charge in [-0.15, -0.1) is 0 Å². The molecule has 1 aliphatic rings. The van der Waals surface area contributed by atoms with Gasteiger partial charge in [0, 0.05) is 11.7 Å². The Morgan fingerprint density at radius 1 is 1.16 bits per heavy atom. The molecule has 2 aromatic rings. The number of para-hydroxylation sites is 2. The van der Waals surface area contributed by atoms with Gasteiger partial charge in [-0.25, -0.2) is 9.18 Å². The van der Waals surface area contributed by atoms with Crippen LogP contribution in [-0.2, 0) is 11.2 Å². The van der Waals surface area contributed by atoms with Crippen molar-refractivity contribution in [3.05, 3.63) is 59.9 Å². The van der Waals surface area contributed by atoms with Gasteiger partial charge in [0.1, 0.15) is 5.82 Å². The van der Waals surface area contributed by atoms with E-state index in [2.05, 4.69) is 23.6 Å². The molecule has 130 valence electrons. The van der Waals surface area contributed by atoms with Crippen LogP contribution in [0, 0.1) is 5.82 Å². The first-order valence-electron chi connectivity index (χ1n) is 8.24. The molecule has 5 nitrogen and oxygen atoms in total. The molecule has 1 atom stereocenters. The maximum Gasteiger partial charge on any atom is 0.326 e. The molecule has 2 N–H and O–H groups in total. The summed E-state index contributed by atoms with van der Waals surface area (Å²) in [4.78, 5) is 26.2. The third-order valence-corrected chi connectivity index (χ3v) is 4.35. The van der Waals surface area contributed by atoms with E-state index in [9.17, 15) is 14.0 Å². The first kappa shape index (κ1) is 17.0. The van der Waals surface area contributed by atoms with E-state index in [0.717, 1.165) is 18.5 Å². The van der Waals surface area contributed by atoms with E-state index >= 15 is 0 Å². The van der Waals surface area contributed by atoms with E-state index in [1.54, 1.807) is 6.07 Å². The summed E-state index contributed by atoms with van der Waals surface area (Å²) in [6.07, 6.45) is 1.93. The van der Waals surface area contributed by atoms with Crippen molar-refractivity contribution in [2.24, 2.45) is 0 Å². The van der Waals surface area contributed by atoms with Crippen molar-refractivity contribution in [3.63, 3.8) is 0 Å². The van der Waals surface area contributed by atoms with Gasteiger partial charge in [-0.3, -0.25) is 10.1 Å². The maximum absolute atomic E-state index is 13.5. The molecule has 0 unspecified atom stereocenters. The molecule has 0 bridgehead atoms. The van der Waals surface area contributed by atoms with Gasteiger partial charge in [0.25, 0.3) is 0 Å². The van der Waals surface area contributed by atoms with Crippen molar-refractivity contribution in [2.75, 3.05) is 16.8 Å². The van der Waals surface area contributed by atoms with E-state index in [0.29, 0.717) is 0 Å². The lowest BCUT2D eigenvalue weighted by Gasteiger charge is -2.36. The molecule has 0 radical (unpaired) electrons. The van der Waals surface area contributed by atoms with E-state index in [4.69, 9.17) is 0 Å². The fourth-order valence-electron chi connectivity index (χ4n) is 3.04. The van der Waals surface area contributed by atoms with Gasteiger partial charge in [-0.1, -0.05) is 30.3 Å². The van der Waals surface area contributed by atoms with Crippen LogP contribution < -0.4 is 15.5 Å². The molecule has 2 aromatic carbocycles. The van der Waals surface area contributed by atoms with Crippen LogP contribution in [0.15, 0.2) is 48.5 Å². The largest absolute Gasteiger partial charge is 0.359 e. The van der Waals surface area contributed by atoms with E-state index in [-0.39, 0.29) is 18.3 Å². The minimum Gasteiger partial charge on any atom is -0.359 e. The number of amides is 3. The maximum atomic E-state index is 13.5. The summed E-state index contributed by atoms with van der Waals surface area (Å²) >= 11 is 0. The van der Waals surface area contributed by atoms with Crippen LogP contribution in [0.4, 0.5) is 20.6 Å². The lowest BCUT2D eigenvalue weighted by atomic mass is 9.97. The number of nitrogens with zero attached hydrogens (tertiary/aromatic N) is 1. The first-order chi connectivity index (χ1) is 12.0. The van der Waals surface area contributed by atoms with Gasteiger partial charge in [0.2, 0.25) is 5.91 Å². The Kier molecular flexibility index (Phi) is 4.97. The molecule has 0 saturated heterocycles. The fraction of sp³-hybridized carbons (Fsp3) is 0.263. The minimum absolute atomic E-state index is 0.0319. The summed E-state index contributed by atoms with van der Waals surface area (Å²) in [5.41, 5.74) is 2.25. The van der Waals surface area contributed by atoms with Gasteiger partial charge in [0.05, 0.1) is 12.2 Å². The SMILES string of the molecule is C[C@H]1CCc2ccccc2N1CC(=O)NC(=O)Nc1ccccc1F. The number of benzene rings is 2. The summed E-state index contributed by atoms with van der Waals surface area (Å²) in [6.45, 7) is 2.13. The van der Waals surface area contributed by atoms with Crippen LogP contribution in [0.3, 0.4) is 0 Å². The van der Waals surface area contributed by atoms with E-state index < -0.39 is 17.8 Å². The number of carbonyl (C=O) groups is 2. The van der Waals surface area contributed by atoms with Crippen LogP contribution in [-0.4, -0.2) is 24.5 Å². The third-order valence-electron chi connectivity index (χ3n) is 4.35. The molecular weight excluding hydrogens is 321 g/mol. The average Bonchev–Trinajstić information content (AvgIpc) is 2.59. The zero-order valence-electron chi connectivity index (χ0n) is 14.0. The van der Waals surface area contributed by atoms with Crippen molar-refractivity contribution in [1.82, 2.24) is 5.32 Å². The smallest absolute Gasteiger partial charge is 0.326 e. The molecule has 1 heterocycles. The average molecular weight is 341 g/mol. The monoisotopic (exact) mass is 341 g/mol. The van der Waals surface area contributed by atoms with Crippen molar-refractivity contribution in [2.45, 2.75) is 25.8 Å². The first-order valence-corrected chi connectivity index (χ1v) is 8.24. The number of rotatable bonds is 3. The number of halogens is 1. The lowest BCUT2D eigenvalue weighted by Crippen LogP contribution is -2.46.